The molecule has 0 bridgehead atoms. The van der Waals surface area contributed by atoms with Gasteiger partial charge in [-0.05, 0) is 31.0 Å². The van der Waals surface area contributed by atoms with Crippen LogP contribution >= 0.6 is 11.8 Å². The van der Waals surface area contributed by atoms with Crippen LogP contribution in [0, 0.1) is 0 Å². The lowest BCUT2D eigenvalue weighted by molar-refractivity contribution is -0.113. The first-order valence-corrected chi connectivity index (χ1v) is 7.61. The van der Waals surface area contributed by atoms with E-state index in [0.717, 1.165) is 11.3 Å². The molecule has 1 aliphatic heterocycles. The molecule has 1 heterocycles. The van der Waals surface area contributed by atoms with Crippen molar-refractivity contribution in [2.75, 3.05) is 17.7 Å². The Balaban J connectivity index is 2.10. The highest BCUT2D eigenvalue weighted by Crippen LogP contribution is 2.31. The maximum Gasteiger partial charge on any atom is 0.251 e. The van der Waals surface area contributed by atoms with E-state index in [0.29, 0.717) is 23.4 Å². The summed E-state index contributed by atoms with van der Waals surface area (Å²) in [5, 5.41) is 14.6. The number of aliphatic hydroxyl groups is 1. The Kier molecular flexibility index (Phi) is 5.03. The average molecular weight is 294 g/mol. The topological polar surface area (TPSA) is 78.4 Å². The predicted molar refractivity (Wildman–Crippen MR) is 79.0 cm³/mol. The van der Waals surface area contributed by atoms with Gasteiger partial charge in [0, 0.05) is 23.1 Å². The van der Waals surface area contributed by atoms with Gasteiger partial charge in [-0.25, -0.2) is 0 Å². The summed E-state index contributed by atoms with van der Waals surface area (Å²) >= 11 is 1.47. The van der Waals surface area contributed by atoms with E-state index in [1.807, 2.05) is 13.0 Å². The van der Waals surface area contributed by atoms with Gasteiger partial charge in [-0.15, -0.1) is 11.8 Å². The quantitative estimate of drug-likeness (QED) is 0.771. The number of thioether (sulfide) groups is 1. The monoisotopic (exact) mass is 294 g/mol. The second-order valence-corrected chi connectivity index (χ2v) is 5.66. The Morgan fingerprint density at radius 1 is 1.55 bits per heavy atom. The van der Waals surface area contributed by atoms with Gasteiger partial charge in [-0.2, -0.15) is 0 Å². The molecular weight excluding hydrogens is 276 g/mol. The van der Waals surface area contributed by atoms with Gasteiger partial charge in [0.1, 0.15) is 0 Å². The summed E-state index contributed by atoms with van der Waals surface area (Å²) in [6.07, 6.45) is 1.31. The number of aliphatic hydroxyl groups excluding tert-OH is 1. The molecule has 0 fully saturated rings. The maximum atomic E-state index is 12.1. The van der Waals surface area contributed by atoms with Crippen LogP contribution in [0.4, 0.5) is 5.69 Å². The summed E-state index contributed by atoms with van der Waals surface area (Å²) in [5.74, 6) is 0.178. The molecule has 0 saturated heterocycles. The molecule has 5 nitrogen and oxygen atoms in total. The van der Waals surface area contributed by atoms with Crippen LogP contribution in [-0.4, -0.2) is 35.3 Å². The van der Waals surface area contributed by atoms with Crippen LogP contribution in [0.5, 0.6) is 0 Å². The van der Waals surface area contributed by atoms with Crippen molar-refractivity contribution in [3.8, 4) is 0 Å². The molecule has 108 valence electrons. The molecule has 6 heteroatoms. The Labute approximate surface area is 122 Å². The van der Waals surface area contributed by atoms with E-state index in [-0.39, 0.29) is 24.5 Å². The van der Waals surface area contributed by atoms with Crippen LogP contribution in [0.2, 0.25) is 0 Å². The fourth-order valence-electron chi connectivity index (χ4n) is 2.03. The van der Waals surface area contributed by atoms with Crippen LogP contribution in [0.3, 0.4) is 0 Å². The molecule has 0 aromatic heterocycles. The Morgan fingerprint density at radius 3 is 3.05 bits per heavy atom. The molecule has 0 saturated carbocycles. The van der Waals surface area contributed by atoms with Crippen molar-refractivity contribution in [2.24, 2.45) is 0 Å². The van der Waals surface area contributed by atoms with Crippen molar-refractivity contribution in [3.05, 3.63) is 23.8 Å². The number of fused-ring (bicyclic) bond motifs is 1. The zero-order valence-corrected chi connectivity index (χ0v) is 12.1. The molecule has 1 aromatic carbocycles. The smallest absolute Gasteiger partial charge is 0.251 e. The minimum atomic E-state index is -0.182. The number of carbonyl (C=O) groups excluding carboxylic acids is 2. The van der Waals surface area contributed by atoms with Crippen molar-refractivity contribution in [1.29, 1.82) is 0 Å². The van der Waals surface area contributed by atoms with Crippen LogP contribution in [0.1, 0.15) is 30.1 Å². The van der Waals surface area contributed by atoms with Crippen molar-refractivity contribution < 1.29 is 14.7 Å². The van der Waals surface area contributed by atoms with E-state index in [1.54, 1.807) is 12.1 Å². The number of hydrogen-bond donors (Lipinski definition) is 3. The number of carbonyl (C=O) groups is 2. The van der Waals surface area contributed by atoms with Gasteiger partial charge in [0.15, 0.2) is 0 Å². The van der Waals surface area contributed by atoms with Gasteiger partial charge in [0.25, 0.3) is 5.91 Å². The second-order valence-electron chi connectivity index (χ2n) is 4.64. The molecular formula is C14H18N2O3S. The highest BCUT2D eigenvalue weighted by molar-refractivity contribution is 8.00. The molecule has 2 rings (SSSR count). The molecule has 2 amide bonds. The highest BCUT2D eigenvalue weighted by Gasteiger charge is 2.18. The standard InChI is InChI=1S/C14H18N2O3S/c1-2-10(5-6-17)15-14(19)9-3-4-12-11(7-9)16-13(18)8-20-12/h3-4,7,10,17H,2,5-6,8H2,1H3,(H,15,19)(H,16,18). The zero-order chi connectivity index (χ0) is 14.5. The largest absolute Gasteiger partial charge is 0.396 e. The fourth-order valence-corrected chi connectivity index (χ4v) is 2.82. The number of benzene rings is 1. The first kappa shape index (κ1) is 14.9. The molecule has 0 aliphatic carbocycles. The normalized spacial score (nSPS) is 15.2. The minimum Gasteiger partial charge on any atom is -0.396 e. The van der Waals surface area contributed by atoms with Crippen molar-refractivity contribution in [3.63, 3.8) is 0 Å². The van der Waals surface area contributed by atoms with Crippen LogP contribution in [-0.2, 0) is 4.79 Å². The molecule has 1 aromatic rings. The summed E-state index contributed by atoms with van der Waals surface area (Å²) in [6.45, 7) is 2.01. The molecule has 0 spiro atoms. The Bertz CT molecular complexity index is 519. The number of nitrogens with one attached hydrogen (secondary N) is 2. The number of hydrogen-bond acceptors (Lipinski definition) is 4. The Hall–Kier alpha value is -1.53. The minimum absolute atomic E-state index is 0.0347. The molecule has 20 heavy (non-hydrogen) atoms. The zero-order valence-electron chi connectivity index (χ0n) is 11.3. The highest BCUT2D eigenvalue weighted by atomic mass is 32.2. The van der Waals surface area contributed by atoms with E-state index < -0.39 is 0 Å². The lowest BCUT2D eigenvalue weighted by Crippen LogP contribution is -2.35. The van der Waals surface area contributed by atoms with E-state index >= 15 is 0 Å². The van der Waals surface area contributed by atoms with E-state index in [4.69, 9.17) is 5.11 Å². The number of anilines is 1. The van der Waals surface area contributed by atoms with E-state index in [2.05, 4.69) is 10.6 Å². The molecule has 0 radical (unpaired) electrons. The molecule has 3 N–H and O–H groups in total. The summed E-state index contributed by atoms with van der Waals surface area (Å²) in [7, 11) is 0. The molecule has 1 unspecified atom stereocenters. The van der Waals surface area contributed by atoms with Gasteiger partial charge < -0.3 is 15.7 Å². The van der Waals surface area contributed by atoms with Gasteiger partial charge in [0.05, 0.1) is 11.4 Å². The predicted octanol–water partition coefficient (Wildman–Crippen LogP) is 1.62. The van der Waals surface area contributed by atoms with Crippen molar-refractivity contribution in [2.45, 2.75) is 30.7 Å². The summed E-state index contributed by atoms with van der Waals surface area (Å²) < 4.78 is 0. The van der Waals surface area contributed by atoms with Crippen molar-refractivity contribution >= 4 is 29.3 Å². The van der Waals surface area contributed by atoms with Crippen molar-refractivity contribution in [1.82, 2.24) is 5.32 Å². The van der Waals surface area contributed by atoms with E-state index in [9.17, 15) is 9.59 Å². The summed E-state index contributed by atoms with van der Waals surface area (Å²) in [4.78, 5) is 24.5. The summed E-state index contributed by atoms with van der Waals surface area (Å²) in [6, 6.07) is 5.26. The van der Waals surface area contributed by atoms with Crippen LogP contribution < -0.4 is 10.6 Å². The lowest BCUT2D eigenvalue weighted by atomic mass is 10.1. The second kappa shape index (κ2) is 6.76. The van der Waals surface area contributed by atoms with Gasteiger partial charge in [-0.1, -0.05) is 6.92 Å². The van der Waals surface area contributed by atoms with Gasteiger partial charge in [-0.3, -0.25) is 9.59 Å². The maximum absolute atomic E-state index is 12.1. The third kappa shape index (κ3) is 3.52. The molecule has 1 atom stereocenters. The first-order chi connectivity index (χ1) is 9.63. The average Bonchev–Trinajstić information content (AvgIpc) is 2.45. The third-order valence-electron chi connectivity index (χ3n) is 3.18. The van der Waals surface area contributed by atoms with Crippen LogP contribution in [0.15, 0.2) is 23.1 Å². The first-order valence-electron chi connectivity index (χ1n) is 6.62. The Morgan fingerprint density at radius 2 is 2.35 bits per heavy atom. The fraction of sp³-hybridized carbons (Fsp3) is 0.429. The van der Waals surface area contributed by atoms with E-state index in [1.165, 1.54) is 11.8 Å². The third-order valence-corrected chi connectivity index (χ3v) is 4.25. The van der Waals surface area contributed by atoms with Crippen LogP contribution in [0.25, 0.3) is 0 Å². The SMILES string of the molecule is CCC(CCO)NC(=O)c1ccc2c(c1)NC(=O)CS2. The van der Waals surface area contributed by atoms with Gasteiger partial charge in [0.2, 0.25) is 5.91 Å². The number of amides is 2. The van der Waals surface area contributed by atoms with Gasteiger partial charge >= 0.3 is 0 Å². The lowest BCUT2D eigenvalue weighted by Gasteiger charge is -2.19. The number of rotatable bonds is 5. The molecule has 1 aliphatic rings. The summed E-state index contributed by atoms with van der Waals surface area (Å²) in [5.41, 5.74) is 1.21.